The van der Waals surface area contributed by atoms with Crippen LogP contribution < -0.4 is 0 Å². The molecule has 0 aromatic carbocycles. The molecule has 0 aromatic rings. The summed E-state index contributed by atoms with van der Waals surface area (Å²) in [7, 11) is 0. The van der Waals surface area contributed by atoms with Crippen LogP contribution in [0.3, 0.4) is 0 Å². The SMILES string of the molecule is CCCCC/C=C\C/C=C\CCCCCCCCCC(=O)OCC(COCCCCCCCCCCCCCCCC)OC(=O)CCCCCCC/C=C\C/C=C\CCCCC. The zero-order valence-corrected chi connectivity index (χ0v) is 41.6. The molecular formula is C57H104O5. The Morgan fingerprint density at radius 3 is 1.10 bits per heavy atom. The van der Waals surface area contributed by atoms with Gasteiger partial charge in [0.2, 0.25) is 0 Å². The Morgan fingerprint density at radius 2 is 0.677 bits per heavy atom. The minimum atomic E-state index is -0.544. The zero-order valence-electron chi connectivity index (χ0n) is 41.6. The molecule has 0 rings (SSSR count). The van der Waals surface area contributed by atoms with Crippen LogP contribution in [0.15, 0.2) is 48.6 Å². The second kappa shape index (κ2) is 53.2. The minimum Gasteiger partial charge on any atom is -0.462 e. The molecule has 0 N–H and O–H groups in total. The first kappa shape index (κ1) is 59.9. The second-order valence-corrected chi connectivity index (χ2v) is 18.1. The number of rotatable bonds is 50. The van der Waals surface area contributed by atoms with Crippen LogP contribution in [0.2, 0.25) is 0 Å². The molecule has 5 nitrogen and oxygen atoms in total. The number of unbranched alkanes of at least 4 members (excludes halogenated alkanes) is 31. The molecule has 0 bridgehead atoms. The normalized spacial score (nSPS) is 12.5. The number of hydrogen-bond donors (Lipinski definition) is 0. The van der Waals surface area contributed by atoms with E-state index in [-0.39, 0.29) is 25.2 Å². The van der Waals surface area contributed by atoms with Crippen LogP contribution in [0.4, 0.5) is 0 Å². The van der Waals surface area contributed by atoms with Crippen LogP contribution in [0.25, 0.3) is 0 Å². The fraction of sp³-hybridized carbons (Fsp3) is 0.825. The summed E-state index contributed by atoms with van der Waals surface area (Å²) in [6.07, 6.45) is 65.4. The number of allylic oxidation sites excluding steroid dienone is 8. The van der Waals surface area contributed by atoms with Gasteiger partial charge in [-0.1, -0.05) is 230 Å². The van der Waals surface area contributed by atoms with E-state index in [1.807, 2.05) is 0 Å². The lowest BCUT2D eigenvalue weighted by Gasteiger charge is -2.18. The third-order valence-electron chi connectivity index (χ3n) is 11.8. The molecule has 0 fully saturated rings. The van der Waals surface area contributed by atoms with Gasteiger partial charge in [0.05, 0.1) is 6.61 Å². The van der Waals surface area contributed by atoms with Gasteiger partial charge in [0, 0.05) is 19.4 Å². The summed E-state index contributed by atoms with van der Waals surface area (Å²) >= 11 is 0. The number of hydrogen-bond acceptors (Lipinski definition) is 5. The summed E-state index contributed by atoms with van der Waals surface area (Å²) in [4.78, 5) is 25.4. The molecule has 0 amide bonds. The van der Waals surface area contributed by atoms with Crippen LogP contribution in [-0.2, 0) is 23.8 Å². The number of carbonyl (C=O) groups is 2. The average Bonchev–Trinajstić information content (AvgIpc) is 3.27. The van der Waals surface area contributed by atoms with E-state index in [0.29, 0.717) is 19.4 Å². The maximum absolute atomic E-state index is 12.8. The molecule has 5 heteroatoms. The van der Waals surface area contributed by atoms with E-state index in [2.05, 4.69) is 69.4 Å². The molecule has 1 atom stereocenters. The monoisotopic (exact) mass is 869 g/mol. The first-order valence-electron chi connectivity index (χ1n) is 27.2. The van der Waals surface area contributed by atoms with E-state index < -0.39 is 6.10 Å². The highest BCUT2D eigenvalue weighted by atomic mass is 16.6. The van der Waals surface area contributed by atoms with Crippen LogP contribution in [0.5, 0.6) is 0 Å². The van der Waals surface area contributed by atoms with Crippen molar-refractivity contribution >= 4 is 11.9 Å². The lowest BCUT2D eigenvalue weighted by molar-refractivity contribution is -0.163. The van der Waals surface area contributed by atoms with Gasteiger partial charge in [0.1, 0.15) is 6.61 Å². The van der Waals surface area contributed by atoms with E-state index in [1.54, 1.807) is 0 Å². The smallest absolute Gasteiger partial charge is 0.306 e. The second-order valence-electron chi connectivity index (χ2n) is 18.1. The van der Waals surface area contributed by atoms with Crippen molar-refractivity contribution in [3.8, 4) is 0 Å². The molecule has 0 spiro atoms. The fourth-order valence-electron chi connectivity index (χ4n) is 7.75. The number of carbonyl (C=O) groups excluding carboxylic acids is 2. The van der Waals surface area contributed by atoms with Gasteiger partial charge < -0.3 is 14.2 Å². The van der Waals surface area contributed by atoms with Crippen molar-refractivity contribution in [2.75, 3.05) is 19.8 Å². The minimum absolute atomic E-state index is 0.0785. The van der Waals surface area contributed by atoms with Gasteiger partial charge in [0.25, 0.3) is 0 Å². The Hall–Kier alpha value is -2.14. The number of esters is 2. The maximum Gasteiger partial charge on any atom is 0.306 e. The molecule has 0 aliphatic heterocycles. The van der Waals surface area contributed by atoms with Gasteiger partial charge in [-0.05, 0) is 83.5 Å². The van der Waals surface area contributed by atoms with E-state index in [4.69, 9.17) is 14.2 Å². The van der Waals surface area contributed by atoms with Crippen molar-refractivity contribution in [2.24, 2.45) is 0 Å². The summed E-state index contributed by atoms with van der Waals surface area (Å²) in [5.74, 6) is -0.410. The molecular weight excluding hydrogens is 765 g/mol. The third kappa shape index (κ3) is 50.5. The highest BCUT2D eigenvalue weighted by Crippen LogP contribution is 2.15. The molecule has 0 aliphatic carbocycles. The quantitative estimate of drug-likeness (QED) is 0.0346. The lowest BCUT2D eigenvalue weighted by Crippen LogP contribution is -2.30. The van der Waals surface area contributed by atoms with Gasteiger partial charge in [-0.25, -0.2) is 0 Å². The number of ether oxygens (including phenoxy) is 3. The molecule has 0 radical (unpaired) electrons. The molecule has 0 aromatic heterocycles. The van der Waals surface area contributed by atoms with Gasteiger partial charge >= 0.3 is 11.9 Å². The van der Waals surface area contributed by atoms with Crippen LogP contribution >= 0.6 is 0 Å². The van der Waals surface area contributed by atoms with Gasteiger partial charge in [-0.2, -0.15) is 0 Å². The predicted octanol–water partition coefficient (Wildman–Crippen LogP) is 18.3. The lowest BCUT2D eigenvalue weighted by atomic mass is 10.0. The molecule has 62 heavy (non-hydrogen) atoms. The first-order chi connectivity index (χ1) is 30.6. The van der Waals surface area contributed by atoms with E-state index in [9.17, 15) is 9.59 Å². The molecule has 1 unspecified atom stereocenters. The average molecular weight is 869 g/mol. The van der Waals surface area contributed by atoms with Crippen molar-refractivity contribution in [3.63, 3.8) is 0 Å². The molecule has 362 valence electrons. The van der Waals surface area contributed by atoms with E-state index in [1.165, 1.54) is 180 Å². The van der Waals surface area contributed by atoms with Crippen LogP contribution in [-0.4, -0.2) is 37.9 Å². The van der Waals surface area contributed by atoms with E-state index >= 15 is 0 Å². The predicted molar refractivity (Wildman–Crippen MR) is 270 cm³/mol. The Balaban J connectivity index is 4.28. The molecule has 0 saturated carbocycles. The molecule has 0 heterocycles. The summed E-state index contributed by atoms with van der Waals surface area (Å²) < 4.78 is 17.4. The summed E-state index contributed by atoms with van der Waals surface area (Å²) in [5.41, 5.74) is 0. The third-order valence-corrected chi connectivity index (χ3v) is 11.8. The Kier molecular flexibility index (Phi) is 51.4. The van der Waals surface area contributed by atoms with Crippen LogP contribution in [0.1, 0.15) is 278 Å². The van der Waals surface area contributed by atoms with Crippen molar-refractivity contribution in [2.45, 2.75) is 284 Å². The van der Waals surface area contributed by atoms with E-state index in [0.717, 1.165) is 64.2 Å². The van der Waals surface area contributed by atoms with Crippen molar-refractivity contribution < 1.29 is 23.8 Å². The van der Waals surface area contributed by atoms with Crippen molar-refractivity contribution in [1.82, 2.24) is 0 Å². The van der Waals surface area contributed by atoms with Crippen LogP contribution in [0, 0.1) is 0 Å². The van der Waals surface area contributed by atoms with Gasteiger partial charge in [0.15, 0.2) is 6.10 Å². The summed E-state index contributed by atoms with van der Waals surface area (Å²) in [6.45, 7) is 7.80. The Morgan fingerprint density at radius 1 is 0.355 bits per heavy atom. The Bertz CT molecular complexity index is 1030. The maximum atomic E-state index is 12.8. The van der Waals surface area contributed by atoms with Crippen molar-refractivity contribution in [1.29, 1.82) is 0 Å². The first-order valence-corrected chi connectivity index (χ1v) is 27.2. The Labute approximate surface area is 386 Å². The fourth-order valence-corrected chi connectivity index (χ4v) is 7.75. The van der Waals surface area contributed by atoms with Gasteiger partial charge in [-0.3, -0.25) is 9.59 Å². The topological polar surface area (TPSA) is 61.8 Å². The molecule has 0 saturated heterocycles. The summed E-state index contributed by atoms with van der Waals surface area (Å²) in [5, 5.41) is 0. The molecule has 0 aliphatic rings. The standard InChI is InChI=1S/C57H104O5/c1-4-7-10-13-16-19-22-25-28-29-31-32-35-38-41-44-47-50-56(58)61-54-55(53-60-52-49-46-43-40-37-34-27-24-21-18-15-12-9-6-3)62-57(59)51-48-45-42-39-36-33-30-26-23-20-17-14-11-8-5-2/h16-17,19-20,25-26,28,30,55H,4-15,18,21-24,27,29,31-54H2,1-3H3/b19-16-,20-17-,28-25-,30-26-. The van der Waals surface area contributed by atoms with Crippen molar-refractivity contribution in [3.05, 3.63) is 48.6 Å². The highest BCUT2D eigenvalue weighted by Gasteiger charge is 2.17. The summed E-state index contributed by atoms with van der Waals surface area (Å²) in [6, 6.07) is 0. The largest absolute Gasteiger partial charge is 0.462 e. The highest BCUT2D eigenvalue weighted by molar-refractivity contribution is 5.70. The zero-order chi connectivity index (χ0) is 44.9. The van der Waals surface area contributed by atoms with Gasteiger partial charge in [-0.15, -0.1) is 0 Å².